The number of carbonyl (C=O) groups is 1. The Kier molecular flexibility index (Phi) is 5.91. The average Bonchev–Trinajstić information content (AvgIpc) is 3.35. The van der Waals surface area contributed by atoms with Crippen molar-refractivity contribution in [3.63, 3.8) is 0 Å². The van der Waals surface area contributed by atoms with Crippen LogP contribution in [-0.2, 0) is 4.79 Å². The number of aliphatic hydroxyl groups excluding tert-OH is 1. The van der Waals surface area contributed by atoms with Gasteiger partial charge in [0, 0.05) is 44.9 Å². The van der Waals surface area contributed by atoms with Crippen LogP contribution in [-0.4, -0.2) is 23.5 Å². The predicted octanol–water partition coefficient (Wildman–Crippen LogP) is 7.37. The molecule has 2 aliphatic heterocycles. The maximum absolute atomic E-state index is 14.0. The highest BCUT2D eigenvalue weighted by Gasteiger charge is 2.47. The molecule has 0 saturated heterocycles. The number of benzene rings is 3. The zero-order valence-corrected chi connectivity index (χ0v) is 22.7. The van der Waals surface area contributed by atoms with E-state index in [9.17, 15) is 15.3 Å². The molecule has 0 bridgehead atoms. The van der Waals surface area contributed by atoms with Gasteiger partial charge in [0.05, 0.1) is 0 Å². The number of ketones is 1. The van der Waals surface area contributed by atoms with Gasteiger partial charge in [0.2, 0.25) is 6.79 Å². The van der Waals surface area contributed by atoms with Gasteiger partial charge in [-0.05, 0) is 47.7 Å². The molecule has 0 fully saturated rings. The minimum Gasteiger partial charge on any atom is -0.507 e. The lowest BCUT2D eigenvalue weighted by molar-refractivity contribution is -0.118. The molecule has 3 aliphatic rings. The second-order valence-electron chi connectivity index (χ2n) is 10.6. The molecule has 0 aromatic heterocycles. The Morgan fingerprint density at radius 1 is 1.00 bits per heavy atom. The van der Waals surface area contributed by atoms with Crippen LogP contribution in [0.5, 0.6) is 11.5 Å². The Morgan fingerprint density at radius 2 is 1.76 bits per heavy atom. The number of amidine groups is 1. The third-order valence-electron chi connectivity index (χ3n) is 7.32. The van der Waals surface area contributed by atoms with Crippen LogP contribution in [0.3, 0.4) is 0 Å². The first-order valence-corrected chi connectivity index (χ1v) is 13.3. The van der Waals surface area contributed by atoms with E-state index in [1.54, 1.807) is 0 Å². The van der Waals surface area contributed by atoms with Crippen molar-refractivity contribution < 1.29 is 19.4 Å². The lowest BCUT2D eigenvalue weighted by atomic mass is 9.67. The van der Waals surface area contributed by atoms with Crippen LogP contribution in [0.1, 0.15) is 43.7 Å². The van der Waals surface area contributed by atoms with E-state index in [2.05, 4.69) is 29.8 Å². The highest BCUT2D eigenvalue weighted by atomic mass is 79.9. The van der Waals surface area contributed by atoms with E-state index in [4.69, 9.17) is 9.47 Å². The van der Waals surface area contributed by atoms with E-state index in [1.165, 1.54) is 0 Å². The number of halogens is 1. The number of allylic oxidation sites excluding steroid dienone is 2. The van der Waals surface area contributed by atoms with Gasteiger partial charge >= 0.3 is 0 Å². The van der Waals surface area contributed by atoms with Crippen LogP contribution in [0.15, 0.2) is 94.1 Å². The molecule has 0 unspecified atom stereocenters. The van der Waals surface area contributed by atoms with Crippen molar-refractivity contribution in [2.45, 2.75) is 32.6 Å². The van der Waals surface area contributed by atoms with Crippen molar-refractivity contribution >= 4 is 39.0 Å². The van der Waals surface area contributed by atoms with Gasteiger partial charge in [-0.15, -0.1) is 0 Å². The summed E-state index contributed by atoms with van der Waals surface area (Å²) in [6, 6.07) is 22.5. The minimum atomic E-state index is -0.640. The second-order valence-corrected chi connectivity index (χ2v) is 11.6. The van der Waals surface area contributed by atoms with E-state index >= 15 is 0 Å². The molecule has 1 aliphatic carbocycles. The first-order valence-electron chi connectivity index (χ1n) is 12.5. The minimum absolute atomic E-state index is 0.0183. The molecule has 6 rings (SSSR count). The van der Waals surface area contributed by atoms with Crippen LogP contribution < -0.4 is 14.4 Å². The molecule has 38 heavy (non-hydrogen) atoms. The molecule has 0 radical (unpaired) electrons. The molecular formula is C31H27BrN2O4. The fraction of sp³-hybridized carbons (Fsp3) is 0.226. The fourth-order valence-corrected chi connectivity index (χ4v) is 6.08. The third kappa shape index (κ3) is 4.11. The molecular weight excluding hydrogens is 544 g/mol. The van der Waals surface area contributed by atoms with E-state index in [-0.39, 0.29) is 29.6 Å². The van der Waals surface area contributed by atoms with Crippen molar-refractivity contribution in [1.29, 1.82) is 5.41 Å². The number of carbonyl (C=O) groups excluding carboxylic acids is 1. The Morgan fingerprint density at radius 3 is 2.53 bits per heavy atom. The molecule has 0 spiro atoms. The van der Waals surface area contributed by atoms with Crippen LogP contribution in [0.4, 0.5) is 5.69 Å². The number of aliphatic hydroxyl groups is 1. The summed E-state index contributed by atoms with van der Waals surface area (Å²) >= 11 is 3.56. The SMILES string of the molecule is CC1(C)CC(=O)C2=C(C1)N(c1cccc(Br)c1)C(=N)C(=C(O)c1ccccc1)[C@H]2c1ccc2c(c1)OCO2. The Labute approximate surface area is 229 Å². The molecule has 2 heterocycles. The first-order chi connectivity index (χ1) is 18.2. The number of anilines is 1. The summed E-state index contributed by atoms with van der Waals surface area (Å²) in [6.45, 7) is 4.30. The van der Waals surface area contributed by atoms with Crippen LogP contribution >= 0.6 is 15.9 Å². The van der Waals surface area contributed by atoms with Crippen LogP contribution in [0.25, 0.3) is 5.76 Å². The summed E-state index contributed by atoms with van der Waals surface area (Å²) in [4.78, 5) is 15.8. The highest BCUT2D eigenvalue weighted by molar-refractivity contribution is 9.10. The number of nitrogens with zero attached hydrogens (tertiary/aromatic N) is 1. The largest absolute Gasteiger partial charge is 0.507 e. The summed E-state index contributed by atoms with van der Waals surface area (Å²) in [5.41, 5.74) is 3.61. The molecule has 7 heteroatoms. The molecule has 0 amide bonds. The topological polar surface area (TPSA) is 82.9 Å². The second kappa shape index (κ2) is 9.17. The van der Waals surface area contributed by atoms with E-state index in [0.717, 1.165) is 21.4 Å². The lowest BCUT2D eigenvalue weighted by Gasteiger charge is -2.45. The van der Waals surface area contributed by atoms with Crippen LogP contribution in [0, 0.1) is 10.8 Å². The van der Waals surface area contributed by atoms with E-state index in [0.29, 0.717) is 41.1 Å². The molecule has 0 saturated carbocycles. The number of hydrogen-bond acceptors (Lipinski definition) is 5. The summed E-state index contributed by atoms with van der Waals surface area (Å²) in [5.74, 6) is 0.717. The summed E-state index contributed by atoms with van der Waals surface area (Å²) in [7, 11) is 0. The fourth-order valence-electron chi connectivity index (χ4n) is 5.69. The summed E-state index contributed by atoms with van der Waals surface area (Å²) < 4.78 is 12.1. The molecule has 3 aromatic carbocycles. The van der Waals surface area contributed by atoms with Crippen molar-refractivity contribution in [1.82, 2.24) is 0 Å². The zero-order chi connectivity index (χ0) is 26.6. The van der Waals surface area contributed by atoms with Gasteiger partial charge in [0.15, 0.2) is 17.3 Å². The summed E-state index contributed by atoms with van der Waals surface area (Å²) in [6.07, 6.45) is 0.995. The Balaban J connectivity index is 1.67. The van der Waals surface area contributed by atoms with E-state index in [1.807, 2.05) is 77.7 Å². The normalized spacial score (nSPS) is 21.4. The van der Waals surface area contributed by atoms with Crippen molar-refractivity contribution in [3.05, 3.63) is 105 Å². The van der Waals surface area contributed by atoms with E-state index < -0.39 is 5.92 Å². The monoisotopic (exact) mass is 570 g/mol. The molecule has 192 valence electrons. The summed E-state index contributed by atoms with van der Waals surface area (Å²) in [5, 5.41) is 21.3. The maximum Gasteiger partial charge on any atom is 0.231 e. The van der Waals surface area contributed by atoms with Gasteiger partial charge in [-0.1, -0.05) is 72.2 Å². The third-order valence-corrected chi connectivity index (χ3v) is 7.81. The Hall–Kier alpha value is -3.84. The molecule has 6 nitrogen and oxygen atoms in total. The van der Waals surface area contributed by atoms with Crippen molar-refractivity contribution in [2.24, 2.45) is 5.41 Å². The highest BCUT2D eigenvalue weighted by Crippen LogP contribution is 2.52. The van der Waals surface area contributed by atoms with Gasteiger partial charge in [0.1, 0.15) is 11.6 Å². The zero-order valence-electron chi connectivity index (χ0n) is 21.1. The van der Waals surface area contributed by atoms with Crippen molar-refractivity contribution in [3.8, 4) is 11.5 Å². The number of hydrogen-bond donors (Lipinski definition) is 2. The molecule has 3 aromatic rings. The average molecular weight is 571 g/mol. The van der Waals surface area contributed by atoms with Gasteiger partial charge in [-0.25, -0.2) is 0 Å². The maximum atomic E-state index is 14.0. The van der Waals surface area contributed by atoms with Gasteiger partial charge in [-0.2, -0.15) is 0 Å². The van der Waals surface area contributed by atoms with Crippen molar-refractivity contribution in [2.75, 3.05) is 11.7 Å². The molecule has 2 N–H and O–H groups in total. The number of nitrogens with one attached hydrogen (secondary N) is 1. The van der Waals surface area contributed by atoms with Gasteiger partial charge in [0.25, 0.3) is 0 Å². The lowest BCUT2D eigenvalue weighted by Crippen LogP contribution is -2.45. The Bertz CT molecular complexity index is 1540. The van der Waals surface area contributed by atoms with Crippen LogP contribution in [0.2, 0.25) is 0 Å². The smallest absolute Gasteiger partial charge is 0.231 e. The standard InChI is InChI=1S/C31H27BrN2O4/c1-31(2)15-22-27(23(35)16-31)26(19-11-12-24-25(13-19)38-17-37-24)28(29(36)18-7-4-3-5-8-18)30(33)34(22)21-10-6-9-20(32)14-21/h3-14,26,33,36H,15-17H2,1-2H3/t26-/m0/s1. The number of ether oxygens (including phenoxy) is 2. The van der Waals surface area contributed by atoms with Gasteiger partial charge < -0.3 is 14.6 Å². The number of rotatable bonds is 3. The van der Waals surface area contributed by atoms with Gasteiger partial charge in [-0.3, -0.25) is 15.1 Å². The number of Topliss-reactive ketones (excluding diaryl/α,β-unsaturated/α-hetero) is 1. The molecule has 1 atom stereocenters. The number of fused-ring (bicyclic) bond motifs is 1. The first kappa shape index (κ1) is 24.5. The predicted molar refractivity (Wildman–Crippen MR) is 151 cm³/mol. The quantitative estimate of drug-likeness (QED) is 0.321.